The van der Waals surface area contributed by atoms with E-state index in [4.69, 9.17) is 14.6 Å². The summed E-state index contributed by atoms with van der Waals surface area (Å²) in [6, 6.07) is 5.21. The maximum Gasteiger partial charge on any atom is 0.268 e. The number of methoxy groups -OCH3 is 2. The Labute approximate surface area is 105 Å². The summed E-state index contributed by atoms with van der Waals surface area (Å²) in [6.45, 7) is 1.36. The summed E-state index contributed by atoms with van der Waals surface area (Å²) >= 11 is 0. The molecule has 1 aromatic rings. The second-order valence-electron chi connectivity index (χ2n) is 3.52. The zero-order valence-electron chi connectivity index (χ0n) is 10.5. The van der Waals surface area contributed by atoms with Crippen molar-refractivity contribution in [2.45, 2.75) is 13.0 Å². The van der Waals surface area contributed by atoms with E-state index in [1.165, 1.54) is 20.2 Å². The topological polar surface area (TPSA) is 80.2 Å². The van der Waals surface area contributed by atoms with Gasteiger partial charge in [0.25, 0.3) is 5.91 Å². The van der Waals surface area contributed by atoms with Crippen LogP contribution in [0.2, 0.25) is 0 Å². The van der Waals surface area contributed by atoms with Crippen LogP contribution in [0.5, 0.6) is 11.5 Å². The first-order valence-corrected chi connectivity index (χ1v) is 5.31. The molecule has 1 unspecified atom stereocenters. The van der Waals surface area contributed by atoms with Crippen molar-refractivity contribution in [2.24, 2.45) is 5.10 Å². The van der Waals surface area contributed by atoms with E-state index in [-0.39, 0.29) is 0 Å². The van der Waals surface area contributed by atoms with Crippen molar-refractivity contribution in [2.75, 3.05) is 14.2 Å². The number of nitrogens with zero attached hydrogens (tertiary/aromatic N) is 1. The van der Waals surface area contributed by atoms with Crippen LogP contribution in [0.1, 0.15) is 12.5 Å². The van der Waals surface area contributed by atoms with E-state index in [1.54, 1.807) is 25.3 Å². The van der Waals surface area contributed by atoms with Gasteiger partial charge >= 0.3 is 0 Å². The minimum Gasteiger partial charge on any atom is -0.497 e. The molecule has 0 saturated carbocycles. The minimum absolute atomic E-state index is 0.576. The summed E-state index contributed by atoms with van der Waals surface area (Å²) in [5.74, 6) is 0.679. The number of carbonyl (C=O) groups excluding carboxylic acids is 1. The predicted molar refractivity (Wildman–Crippen MR) is 67.0 cm³/mol. The Balaban J connectivity index is 2.81. The second kappa shape index (κ2) is 6.61. The van der Waals surface area contributed by atoms with Gasteiger partial charge < -0.3 is 14.6 Å². The standard InChI is InChI=1S/C12H16N2O4/c1-8(15)12(16)14-13-7-9-6-10(17-2)4-5-11(9)18-3/h4-8,15H,1-3H3,(H,14,16)/b13-7+. The van der Waals surface area contributed by atoms with Crippen LogP contribution in [0.15, 0.2) is 23.3 Å². The summed E-state index contributed by atoms with van der Waals surface area (Å²) in [4.78, 5) is 11.1. The summed E-state index contributed by atoms with van der Waals surface area (Å²) in [5.41, 5.74) is 2.86. The number of amides is 1. The molecule has 0 heterocycles. The zero-order valence-corrected chi connectivity index (χ0v) is 10.5. The lowest BCUT2D eigenvalue weighted by Crippen LogP contribution is -2.28. The van der Waals surface area contributed by atoms with E-state index >= 15 is 0 Å². The smallest absolute Gasteiger partial charge is 0.268 e. The monoisotopic (exact) mass is 252 g/mol. The van der Waals surface area contributed by atoms with Crippen molar-refractivity contribution in [3.05, 3.63) is 23.8 Å². The van der Waals surface area contributed by atoms with E-state index in [1.807, 2.05) is 0 Å². The fourth-order valence-electron chi connectivity index (χ4n) is 1.20. The Kier molecular flexibility index (Phi) is 5.13. The number of aliphatic hydroxyl groups is 1. The van der Waals surface area contributed by atoms with E-state index in [0.717, 1.165) is 0 Å². The number of hydrogen-bond donors (Lipinski definition) is 2. The first-order chi connectivity index (χ1) is 8.58. The molecule has 0 radical (unpaired) electrons. The lowest BCUT2D eigenvalue weighted by molar-refractivity contribution is -0.128. The third-order valence-corrected chi connectivity index (χ3v) is 2.19. The first kappa shape index (κ1) is 14.0. The van der Waals surface area contributed by atoms with Gasteiger partial charge in [0.05, 0.1) is 20.4 Å². The number of aliphatic hydroxyl groups excluding tert-OH is 1. The fraction of sp³-hybridized carbons (Fsp3) is 0.333. The number of nitrogens with one attached hydrogen (secondary N) is 1. The summed E-state index contributed by atoms with van der Waals surface area (Å²) in [6.07, 6.45) is 0.316. The Bertz CT molecular complexity index is 444. The predicted octanol–water partition coefficient (Wildman–Crippen LogP) is 0.535. The Morgan fingerprint density at radius 1 is 1.44 bits per heavy atom. The number of hydrogen-bond acceptors (Lipinski definition) is 5. The molecule has 98 valence electrons. The van der Waals surface area contributed by atoms with Crippen LogP contribution in [0, 0.1) is 0 Å². The molecule has 1 rings (SSSR count). The van der Waals surface area contributed by atoms with E-state index in [0.29, 0.717) is 17.1 Å². The van der Waals surface area contributed by atoms with E-state index in [9.17, 15) is 4.79 Å². The van der Waals surface area contributed by atoms with Gasteiger partial charge in [-0.3, -0.25) is 4.79 Å². The third kappa shape index (κ3) is 3.74. The molecule has 1 aromatic carbocycles. The average Bonchev–Trinajstić information content (AvgIpc) is 2.38. The van der Waals surface area contributed by atoms with Gasteiger partial charge in [-0.25, -0.2) is 5.43 Å². The molecular formula is C12H16N2O4. The molecule has 6 nitrogen and oxygen atoms in total. The van der Waals surface area contributed by atoms with Crippen LogP contribution < -0.4 is 14.9 Å². The number of rotatable bonds is 5. The average molecular weight is 252 g/mol. The largest absolute Gasteiger partial charge is 0.497 e. The molecule has 0 aliphatic carbocycles. The second-order valence-corrected chi connectivity index (χ2v) is 3.52. The molecule has 0 bridgehead atoms. The van der Waals surface area contributed by atoms with Crippen LogP contribution in [-0.2, 0) is 4.79 Å². The number of hydrazone groups is 1. The van der Waals surface area contributed by atoms with Crippen LogP contribution in [-0.4, -0.2) is 37.6 Å². The number of benzene rings is 1. The van der Waals surface area contributed by atoms with Crippen LogP contribution in [0.25, 0.3) is 0 Å². The number of carbonyl (C=O) groups is 1. The molecule has 0 aliphatic rings. The van der Waals surface area contributed by atoms with Crippen molar-refractivity contribution in [1.82, 2.24) is 5.43 Å². The fourth-order valence-corrected chi connectivity index (χ4v) is 1.20. The minimum atomic E-state index is -1.10. The van der Waals surface area contributed by atoms with Gasteiger partial charge in [0.1, 0.15) is 17.6 Å². The van der Waals surface area contributed by atoms with Crippen molar-refractivity contribution in [3.63, 3.8) is 0 Å². The molecule has 0 aliphatic heterocycles. The Hall–Kier alpha value is -2.08. The van der Waals surface area contributed by atoms with Gasteiger partial charge in [-0.1, -0.05) is 0 Å². The molecule has 0 spiro atoms. The van der Waals surface area contributed by atoms with Crippen molar-refractivity contribution in [1.29, 1.82) is 0 Å². The van der Waals surface area contributed by atoms with E-state index in [2.05, 4.69) is 10.5 Å². The molecule has 1 atom stereocenters. The van der Waals surface area contributed by atoms with Crippen molar-refractivity contribution >= 4 is 12.1 Å². The van der Waals surface area contributed by atoms with Crippen LogP contribution in [0.3, 0.4) is 0 Å². The molecule has 0 fully saturated rings. The lowest BCUT2D eigenvalue weighted by Gasteiger charge is -2.07. The van der Waals surface area contributed by atoms with Gasteiger partial charge in [-0.2, -0.15) is 5.10 Å². The van der Waals surface area contributed by atoms with Gasteiger partial charge in [0, 0.05) is 5.56 Å². The SMILES string of the molecule is COc1ccc(OC)c(/C=N/NC(=O)C(C)O)c1. The van der Waals surface area contributed by atoms with Gasteiger partial charge in [-0.05, 0) is 25.1 Å². The Morgan fingerprint density at radius 2 is 2.17 bits per heavy atom. The normalized spacial score (nSPS) is 12.2. The molecule has 18 heavy (non-hydrogen) atoms. The highest BCUT2D eigenvalue weighted by Gasteiger charge is 2.06. The van der Waals surface area contributed by atoms with Crippen LogP contribution in [0.4, 0.5) is 0 Å². The highest BCUT2D eigenvalue weighted by Crippen LogP contribution is 2.22. The highest BCUT2D eigenvalue weighted by molar-refractivity contribution is 5.86. The number of ether oxygens (including phenoxy) is 2. The van der Waals surface area contributed by atoms with Crippen LogP contribution >= 0.6 is 0 Å². The van der Waals surface area contributed by atoms with E-state index < -0.39 is 12.0 Å². The molecule has 2 N–H and O–H groups in total. The highest BCUT2D eigenvalue weighted by atomic mass is 16.5. The van der Waals surface area contributed by atoms with Gasteiger partial charge in [0.15, 0.2) is 0 Å². The molecular weight excluding hydrogens is 236 g/mol. The Morgan fingerprint density at radius 3 is 2.72 bits per heavy atom. The van der Waals surface area contributed by atoms with Gasteiger partial charge in [-0.15, -0.1) is 0 Å². The molecule has 0 saturated heterocycles. The maximum absolute atomic E-state index is 11.1. The first-order valence-electron chi connectivity index (χ1n) is 5.31. The lowest BCUT2D eigenvalue weighted by atomic mass is 10.2. The maximum atomic E-state index is 11.1. The van der Waals surface area contributed by atoms with Crippen molar-refractivity contribution in [3.8, 4) is 11.5 Å². The summed E-state index contributed by atoms with van der Waals surface area (Å²) in [5, 5.41) is 12.7. The summed E-state index contributed by atoms with van der Waals surface area (Å²) < 4.78 is 10.2. The molecule has 6 heteroatoms. The van der Waals surface area contributed by atoms with Crippen molar-refractivity contribution < 1.29 is 19.4 Å². The quantitative estimate of drug-likeness (QED) is 0.592. The molecule has 1 amide bonds. The van der Waals surface area contributed by atoms with Gasteiger partial charge in [0.2, 0.25) is 0 Å². The zero-order chi connectivity index (χ0) is 13.5. The summed E-state index contributed by atoms with van der Waals surface area (Å²) in [7, 11) is 3.09. The molecule has 0 aromatic heterocycles. The third-order valence-electron chi connectivity index (χ3n) is 2.19.